The molecule has 3 saturated carbocycles. The van der Waals surface area contributed by atoms with Crippen LogP contribution in [0.1, 0.15) is 57.1 Å². The minimum absolute atomic E-state index is 0.0539. The van der Waals surface area contributed by atoms with Gasteiger partial charge >= 0.3 is 6.09 Å². The zero-order chi connectivity index (χ0) is 19.5. The predicted molar refractivity (Wildman–Crippen MR) is 106 cm³/mol. The van der Waals surface area contributed by atoms with Gasteiger partial charge in [-0.15, -0.1) is 0 Å². The van der Waals surface area contributed by atoms with E-state index >= 15 is 0 Å². The van der Waals surface area contributed by atoms with E-state index in [2.05, 4.69) is 41.4 Å². The van der Waals surface area contributed by atoms with Crippen molar-refractivity contribution in [3.05, 3.63) is 35.4 Å². The molecule has 2 atom stereocenters. The maximum atomic E-state index is 12.9. The van der Waals surface area contributed by atoms with E-state index in [0.29, 0.717) is 17.9 Å². The highest BCUT2D eigenvalue weighted by Gasteiger charge is 2.62. The van der Waals surface area contributed by atoms with Crippen molar-refractivity contribution in [2.75, 3.05) is 19.7 Å². The number of piperidine rings is 1. The number of likely N-dealkylation sites (tertiary alicyclic amines) is 1. The summed E-state index contributed by atoms with van der Waals surface area (Å²) in [7, 11) is 0. The number of hydrogen-bond acceptors (Lipinski definition) is 3. The number of nitrogens with one attached hydrogen (secondary N) is 1. The highest BCUT2D eigenvalue weighted by molar-refractivity contribution is 5.81. The van der Waals surface area contributed by atoms with Crippen molar-refractivity contribution in [1.82, 2.24) is 10.2 Å². The number of hydrogen-bond donors (Lipinski definition) is 1. The fourth-order valence-corrected chi connectivity index (χ4v) is 5.31. The lowest BCUT2D eigenvalue weighted by atomic mass is 9.79. The molecule has 5 nitrogen and oxygen atoms in total. The third-order valence-electron chi connectivity index (χ3n) is 7.68. The highest BCUT2D eigenvalue weighted by atomic mass is 16.5. The third kappa shape index (κ3) is 2.90. The molecule has 28 heavy (non-hydrogen) atoms. The summed E-state index contributed by atoms with van der Waals surface area (Å²) in [5, 5.41) is 2.84. The van der Waals surface area contributed by atoms with Crippen LogP contribution >= 0.6 is 0 Å². The molecule has 0 spiro atoms. The number of fused-ring (bicyclic) bond motifs is 1. The smallest absolute Gasteiger partial charge is 0.407 e. The standard InChI is InChI=1S/C23H30N2O3/c1-3-28-21(27)24-19-9-15(10-19)20(26)25-13-18-12-23(18,14-25)17-6-4-5-16(11-17)22(2)7-8-22/h4-6,11,15,18-19H,3,7-10,12-14H2,1-2H3,(H,24,27). The number of amides is 2. The van der Waals surface area contributed by atoms with Gasteiger partial charge in [0.25, 0.3) is 0 Å². The summed E-state index contributed by atoms with van der Waals surface area (Å²) in [6.45, 7) is 6.28. The Morgan fingerprint density at radius 1 is 1.25 bits per heavy atom. The number of rotatable bonds is 5. The molecule has 1 aromatic carbocycles. The van der Waals surface area contributed by atoms with Crippen molar-refractivity contribution < 1.29 is 14.3 Å². The molecule has 2 amide bonds. The Morgan fingerprint density at radius 3 is 2.71 bits per heavy atom. The van der Waals surface area contributed by atoms with Crippen LogP contribution in [0, 0.1) is 11.8 Å². The monoisotopic (exact) mass is 382 g/mol. The lowest BCUT2D eigenvalue weighted by Crippen LogP contribution is -2.50. The largest absolute Gasteiger partial charge is 0.450 e. The van der Waals surface area contributed by atoms with Gasteiger partial charge in [-0.25, -0.2) is 4.79 Å². The summed E-state index contributed by atoms with van der Waals surface area (Å²) in [4.78, 5) is 26.5. The molecule has 0 radical (unpaired) electrons. The minimum atomic E-state index is -0.371. The third-order valence-corrected chi connectivity index (χ3v) is 7.68. The van der Waals surface area contributed by atoms with Crippen LogP contribution in [0.25, 0.3) is 0 Å². The molecule has 4 aliphatic rings. The van der Waals surface area contributed by atoms with Crippen LogP contribution in [0.5, 0.6) is 0 Å². The number of carbonyl (C=O) groups excluding carboxylic acids is 2. The van der Waals surface area contributed by atoms with Crippen LogP contribution < -0.4 is 5.32 Å². The van der Waals surface area contributed by atoms with Gasteiger partial charge in [0.15, 0.2) is 0 Å². The van der Waals surface area contributed by atoms with E-state index in [-0.39, 0.29) is 29.4 Å². The van der Waals surface area contributed by atoms with E-state index in [0.717, 1.165) is 25.9 Å². The van der Waals surface area contributed by atoms with Crippen LogP contribution in [-0.2, 0) is 20.4 Å². The summed E-state index contributed by atoms with van der Waals surface area (Å²) in [5.74, 6) is 0.948. The summed E-state index contributed by atoms with van der Waals surface area (Å²) in [6.07, 6.45) is 4.90. The second kappa shape index (κ2) is 6.23. The molecule has 1 aliphatic heterocycles. The maximum absolute atomic E-state index is 12.9. The van der Waals surface area contributed by atoms with Crippen LogP contribution in [-0.4, -0.2) is 42.6 Å². The molecular formula is C23H30N2O3. The van der Waals surface area contributed by atoms with Gasteiger partial charge in [-0.3, -0.25) is 4.79 Å². The lowest BCUT2D eigenvalue weighted by molar-refractivity contribution is -0.138. The van der Waals surface area contributed by atoms with Crippen LogP contribution in [0.15, 0.2) is 24.3 Å². The van der Waals surface area contributed by atoms with Crippen molar-refractivity contribution in [3.8, 4) is 0 Å². The maximum Gasteiger partial charge on any atom is 0.407 e. The number of alkyl carbamates (subject to hydrolysis) is 1. The quantitative estimate of drug-likeness (QED) is 0.849. The topological polar surface area (TPSA) is 58.6 Å². The average molecular weight is 383 g/mol. The van der Waals surface area contributed by atoms with Gasteiger partial charge in [-0.1, -0.05) is 31.2 Å². The molecule has 3 aliphatic carbocycles. The Hall–Kier alpha value is -2.04. The first kappa shape index (κ1) is 18.0. The van der Waals surface area contributed by atoms with Crippen molar-refractivity contribution in [2.24, 2.45) is 11.8 Å². The minimum Gasteiger partial charge on any atom is -0.450 e. The van der Waals surface area contributed by atoms with Crippen LogP contribution in [0.3, 0.4) is 0 Å². The van der Waals surface area contributed by atoms with E-state index in [1.807, 2.05) is 0 Å². The number of benzene rings is 1. The molecular weight excluding hydrogens is 352 g/mol. The Morgan fingerprint density at radius 2 is 2.00 bits per heavy atom. The lowest BCUT2D eigenvalue weighted by Gasteiger charge is -2.37. The van der Waals surface area contributed by atoms with Gasteiger partial charge < -0.3 is 15.0 Å². The first-order valence-electron chi connectivity index (χ1n) is 10.8. The van der Waals surface area contributed by atoms with Gasteiger partial charge in [0.05, 0.1) is 6.61 Å². The molecule has 5 heteroatoms. The molecule has 1 saturated heterocycles. The molecule has 0 bridgehead atoms. The molecule has 4 fully saturated rings. The van der Waals surface area contributed by atoms with E-state index < -0.39 is 0 Å². The summed E-state index contributed by atoms with van der Waals surface area (Å²) >= 11 is 0. The van der Waals surface area contributed by atoms with E-state index in [4.69, 9.17) is 4.74 Å². The van der Waals surface area contributed by atoms with Gasteiger partial charge in [0.1, 0.15) is 0 Å². The number of carbonyl (C=O) groups is 2. The molecule has 5 rings (SSSR count). The molecule has 2 unspecified atom stereocenters. The fraction of sp³-hybridized carbons (Fsp3) is 0.652. The van der Waals surface area contributed by atoms with E-state index in [9.17, 15) is 9.59 Å². The van der Waals surface area contributed by atoms with Crippen molar-refractivity contribution >= 4 is 12.0 Å². The summed E-state index contributed by atoms with van der Waals surface area (Å²) < 4.78 is 4.92. The summed E-state index contributed by atoms with van der Waals surface area (Å²) in [5.41, 5.74) is 3.50. The van der Waals surface area contributed by atoms with Gasteiger partial charge in [-0.05, 0) is 61.5 Å². The number of nitrogens with zero attached hydrogens (tertiary/aromatic N) is 1. The van der Waals surface area contributed by atoms with Crippen LogP contribution in [0.4, 0.5) is 4.79 Å². The Kier molecular flexibility index (Phi) is 4.01. The zero-order valence-corrected chi connectivity index (χ0v) is 16.9. The average Bonchev–Trinajstić information content (AvgIpc) is 3.54. The first-order valence-corrected chi connectivity index (χ1v) is 10.8. The van der Waals surface area contributed by atoms with Crippen molar-refractivity contribution in [2.45, 2.75) is 62.8 Å². The Balaban J connectivity index is 1.19. The van der Waals surface area contributed by atoms with Gasteiger partial charge in [0, 0.05) is 30.5 Å². The number of ether oxygens (including phenoxy) is 1. The highest BCUT2D eigenvalue weighted by Crippen LogP contribution is 2.60. The Labute approximate surface area is 166 Å². The molecule has 1 heterocycles. The second-order valence-corrected chi connectivity index (χ2v) is 9.65. The first-order chi connectivity index (χ1) is 13.4. The molecule has 0 aromatic heterocycles. The molecule has 1 N–H and O–H groups in total. The van der Waals surface area contributed by atoms with Crippen molar-refractivity contribution in [3.63, 3.8) is 0 Å². The second-order valence-electron chi connectivity index (χ2n) is 9.65. The Bertz CT molecular complexity index is 812. The summed E-state index contributed by atoms with van der Waals surface area (Å²) in [6, 6.07) is 9.25. The van der Waals surface area contributed by atoms with Gasteiger partial charge in [0.2, 0.25) is 5.91 Å². The van der Waals surface area contributed by atoms with Gasteiger partial charge in [-0.2, -0.15) is 0 Å². The normalized spacial score (nSPS) is 34.2. The fourth-order valence-electron chi connectivity index (χ4n) is 5.31. The molecule has 150 valence electrons. The SMILES string of the molecule is CCOC(=O)NC1CC(C(=O)N2CC3CC3(c3cccc(C4(C)CC4)c3)C2)C1. The van der Waals surface area contributed by atoms with E-state index in [1.54, 1.807) is 6.92 Å². The molecule has 1 aromatic rings. The predicted octanol–water partition coefficient (Wildman–Crippen LogP) is 3.36. The zero-order valence-electron chi connectivity index (χ0n) is 16.9. The van der Waals surface area contributed by atoms with Crippen LogP contribution in [0.2, 0.25) is 0 Å². The van der Waals surface area contributed by atoms with E-state index in [1.165, 1.54) is 30.4 Å². The van der Waals surface area contributed by atoms with Crippen molar-refractivity contribution in [1.29, 1.82) is 0 Å².